The molecule has 0 aliphatic heterocycles. The maximum atomic E-state index is 12.7. The molecule has 0 saturated heterocycles. The van der Waals surface area contributed by atoms with Crippen molar-refractivity contribution in [1.29, 1.82) is 0 Å². The van der Waals surface area contributed by atoms with Crippen molar-refractivity contribution < 1.29 is 13.6 Å². The second kappa shape index (κ2) is 9.95. The maximum Gasteiger partial charge on any atom is 0.293 e. The monoisotopic (exact) mass is 557 g/mol. The molecule has 0 unspecified atom stereocenters. The number of thiocarbonyl (C=S) groups is 1. The normalized spacial score (nSPS) is 11.1. The third-order valence-corrected chi connectivity index (χ3v) is 6.95. The van der Waals surface area contributed by atoms with E-state index >= 15 is 0 Å². The van der Waals surface area contributed by atoms with Gasteiger partial charge in [0.05, 0.1) is 10.0 Å². The van der Waals surface area contributed by atoms with Crippen LogP contribution in [-0.2, 0) is 0 Å². The number of halogens is 2. The molecule has 0 aliphatic rings. The zero-order valence-electron chi connectivity index (χ0n) is 19.5. The molecule has 38 heavy (non-hydrogen) atoms. The minimum atomic E-state index is -0.506. The summed E-state index contributed by atoms with van der Waals surface area (Å²) in [5.74, 6) is 0.472. The molecule has 186 valence electrons. The van der Waals surface area contributed by atoms with Gasteiger partial charge in [-0.3, -0.25) is 10.1 Å². The first kappa shape index (κ1) is 24.2. The first-order valence-electron chi connectivity index (χ1n) is 11.5. The van der Waals surface area contributed by atoms with Crippen molar-refractivity contribution >= 4 is 74.0 Å². The van der Waals surface area contributed by atoms with E-state index < -0.39 is 5.91 Å². The van der Waals surface area contributed by atoms with Crippen molar-refractivity contribution in [2.24, 2.45) is 0 Å². The van der Waals surface area contributed by atoms with Crippen molar-refractivity contribution in [2.75, 3.05) is 5.32 Å². The van der Waals surface area contributed by atoms with Crippen molar-refractivity contribution in [1.82, 2.24) is 10.3 Å². The van der Waals surface area contributed by atoms with Gasteiger partial charge < -0.3 is 14.2 Å². The van der Waals surface area contributed by atoms with E-state index in [0.717, 1.165) is 21.9 Å². The lowest BCUT2D eigenvalue weighted by Gasteiger charge is -2.09. The molecule has 0 spiro atoms. The zero-order chi connectivity index (χ0) is 26.2. The summed E-state index contributed by atoms with van der Waals surface area (Å²) in [5, 5.41) is 8.61. The summed E-state index contributed by atoms with van der Waals surface area (Å²) in [6.45, 7) is 0. The number of amides is 1. The lowest BCUT2D eigenvalue weighted by molar-refractivity contribution is 0.0951. The SMILES string of the molecule is O=C(NC(=S)Nc1cccc(-c2nc3c(ccc4ccccc43)o2)c1)c1ccc(-c2cccc(Cl)c2Cl)o1. The van der Waals surface area contributed by atoms with E-state index in [1.807, 2.05) is 60.7 Å². The highest BCUT2D eigenvalue weighted by Gasteiger charge is 2.17. The van der Waals surface area contributed by atoms with Gasteiger partial charge in [-0.1, -0.05) is 65.7 Å². The van der Waals surface area contributed by atoms with Gasteiger partial charge in [0.1, 0.15) is 11.3 Å². The number of oxazole rings is 1. The van der Waals surface area contributed by atoms with Crippen molar-refractivity contribution in [2.45, 2.75) is 0 Å². The Morgan fingerprint density at radius 1 is 0.868 bits per heavy atom. The van der Waals surface area contributed by atoms with Gasteiger partial charge in [0.2, 0.25) is 5.89 Å². The molecule has 0 aliphatic carbocycles. The second-order valence-corrected chi connectivity index (χ2v) is 9.60. The van der Waals surface area contributed by atoms with Crippen LogP contribution in [-0.4, -0.2) is 16.0 Å². The lowest BCUT2D eigenvalue weighted by atomic mass is 10.1. The highest BCUT2D eigenvalue weighted by molar-refractivity contribution is 7.80. The van der Waals surface area contributed by atoms with Crippen LogP contribution in [0.2, 0.25) is 10.0 Å². The van der Waals surface area contributed by atoms with Crippen molar-refractivity contribution in [3.05, 3.63) is 107 Å². The van der Waals surface area contributed by atoms with Gasteiger partial charge in [-0.05, 0) is 66.1 Å². The highest BCUT2D eigenvalue weighted by atomic mass is 35.5. The molecular formula is C29H17Cl2N3O3S. The Morgan fingerprint density at radius 3 is 2.61 bits per heavy atom. The van der Waals surface area contributed by atoms with Crippen LogP contribution in [0.4, 0.5) is 5.69 Å². The summed E-state index contributed by atoms with van der Waals surface area (Å²) >= 11 is 17.7. The smallest absolute Gasteiger partial charge is 0.293 e. The second-order valence-electron chi connectivity index (χ2n) is 8.41. The Kier molecular flexibility index (Phi) is 6.33. The van der Waals surface area contributed by atoms with E-state index in [4.69, 9.17) is 49.2 Å². The average molecular weight is 558 g/mol. The number of nitrogens with one attached hydrogen (secondary N) is 2. The number of nitrogens with zero attached hydrogens (tertiary/aromatic N) is 1. The van der Waals surface area contributed by atoms with Crippen LogP contribution in [0.3, 0.4) is 0 Å². The van der Waals surface area contributed by atoms with Crippen molar-refractivity contribution in [3.63, 3.8) is 0 Å². The Morgan fingerprint density at radius 2 is 1.71 bits per heavy atom. The Balaban J connectivity index is 1.17. The molecule has 2 aromatic heterocycles. The van der Waals surface area contributed by atoms with E-state index in [1.165, 1.54) is 0 Å². The quantitative estimate of drug-likeness (QED) is 0.212. The molecule has 0 saturated carbocycles. The van der Waals surface area contributed by atoms with Gasteiger partial charge in [0, 0.05) is 22.2 Å². The number of furan rings is 1. The highest BCUT2D eigenvalue weighted by Crippen LogP contribution is 2.34. The molecule has 1 amide bonds. The van der Waals surface area contributed by atoms with Gasteiger partial charge in [-0.15, -0.1) is 0 Å². The molecule has 6 aromatic rings. The number of hydrogen-bond donors (Lipinski definition) is 2. The summed E-state index contributed by atoms with van der Waals surface area (Å²) in [4.78, 5) is 17.5. The molecule has 9 heteroatoms. The summed E-state index contributed by atoms with van der Waals surface area (Å²) in [5.41, 5.74) is 3.51. The Labute approximate surface area is 232 Å². The zero-order valence-corrected chi connectivity index (χ0v) is 21.8. The first-order chi connectivity index (χ1) is 18.5. The van der Waals surface area contributed by atoms with E-state index in [0.29, 0.717) is 38.5 Å². The number of hydrogen-bond acceptors (Lipinski definition) is 5. The predicted octanol–water partition coefficient (Wildman–Crippen LogP) is 8.34. The largest absolute Gasteiger partial charge is 0.451 e. The Hall–Kier alpha value is -4.17. The number of rotatable bonds is 4. The number of carbonyl (C=O) groups excluding carboxylic acids is 1. The molecular weight excluding hydrogens is 541 g/mol. The fourth-order valence-electron chi connectivity index (χ4n) is 4.14. The van der Waals surface area contributed by atoms with Crippen LogP contribution in [0.25, 0.3) is 44.7 Å². The Bertz CT molecular complexity index is 1860. The van der Waals surface area contributed by atoms with Crippen molar-refractivity contribution in [3.8, 4) is 22.8 Å². The molecule has 0 bridgehead atoms. The number of carbonyl (C=O) groups is 1. The molecule has 2 N–H and O–H groups in total. The lowest BCUT2D eigenvalue weighted by Crippen LogP contribution is -2.33. The average Bonchev–Trinajstić information content (AvgIpc) is 3.58. The number of aromatic nitrogens is 1. The van der Waals surface area contributed by atoms with E-state index in [-0.39, 0.29) is 10.9 Å². The van der Waals surface area contributed by atoms with Gasteiger partial charge in [-0.25, -0.2) is 4.98 Å². The standard InChI is InChI=1S/C29H17Cl2N3O3S/c30-21-10-4-9-20(25(21)31)22-13-14-24(36-22)27(35)34-29(38)32-18-7-3-6-17(15-18)28-33-26-19-8-2-1-5-16(19)11-12-23(26)37-28/h1-15H,(H2,32,34,35,38). The molecule has 2 heterocycles. The van der Waals surface area contributed by atoms with Crippen LogP contribution in [0.5, 0.6) is 0 Å². The van der Waals surface area contributed by atoms with Gasteiger partial charge in [0.25, 0.3) is 5.91 Å². The van der Waals surface area contributed by atoms with Gasteiger partial charge in [0.15, 0.2) is 16.5 Å². The summed E-state index contributed by atoms with van der Waals surface area (Å²) < 4.78 is 11.7. The number of anilines is 1. The molecule has 4 aromatic carbocycles. The molecule has 6 rings (SSSR count). The van der Waals surface area contributed by atoms with E-state index in [1.54, 1.807) is 30.3 Å². The third-order valence-electron chi connectivity index (χ3n) is 5.92. The summed E-state index contributed by atoms with van der Waals surface area (Å²) in [6.07, 6.45) is 0. The van der Waals surface area contributed by atoms with E-state index in [9.17, 15) is 4.79 Å². The number of benzene rings is 4. The summed E-state index contributed by atoms with van der Waals surface area (Å²) in [7, 11) is 0. The molecule has 0 fully saturated rings. The first-order valence-corrected chi connectivity index (χ1v) is 12.7. The van der Waals surface area contributed by atoms with Crippen LogP contribution < -0.4 is 10.6 Å². The van der Waals surface area contributed by atoms with Crippen LogP contribution in [0, 0.1) is 0 Å². The molecule has 6 nitrogen and oxygen atoms in total. The van der Waals surface area contributed by atoms with Crippen LogP contribution >= 0.6 is 35.4 Å². The minimum Gasteiger partial charge on any atom is -0.451 e. The predicted molar refractivity (Wildman–Crippen MR) is 155 cm³/mol. The fourth-order valence-corrected chi connectivity index (χ4v) is 4.74. The van der Waals surface area contributed by atoms with Gasteiger partial charge in [-0.2, -0.15) is 0 Å². The van der Waals surface area contributed by atoms with Gasteiger partial charge >= 0.3 is 0 Å². The topological polar surface area (TPSA) is 80.3 Å². The van der Waals surface area contributed by atoms with E-state index in [2.05, 4.69) is 10.6 Å². The minimum absolute atomic E-state index is 0.0765. The third kappa shape index (κ3) is 4.63. The maximum absolute atomic E-state index is 12.7. The summed E-state index contributed by atoms with van der Waals surface area (Å²) in [6, 6.07) is 27.8. The fraction of sp³-hybridized carbons (Fsp3) is 0. The molecule has 0 atom stereocenters. The van der Waals surface area contributed by atoms with Crippen LogP contribution in [0.15, 0.2) is 99.8 Å². The molecule has 0 radical (unpaired) electrons. The number of fused-ring (bicyclic) bond motifs is 3. The van der Waals surface area contributed by atoms with Crippen LogP contribution in [0.1, 0.15) is 10.6 Å².